The van der Waals surface area contributed by atoms with Gasteiger partial charge in [0, 0.05) is 30.3 Å². The number of methoxy groups -OCH3 is 1. The predicted octanol–water partition coefficient (Wildman–Crippen LogP) is 4.64. The van der Waals surface area contributed by atoms with Crippen molar-refractivity contribution >= 4 is 11.6 Å². The summed E-state index contributed by atoms with van der Waals surface area (Å²) in [6.07, 6.45) is 2.49. The number of rotatable bonds is 9. The Kier molecular flexibility index (Phi) is 7.54. The van der Waals surface area contributed by atoms with Gasteiger partial charge in [0.2, 0.25) is 0 Å². The highest BCUT2D eigenvalue weighted by molar-refractivity contribution is 6.31. The van der Waals surface area contributed by atoms with Crippen LogP contribution < -0.4 is 14.8 Å². The molecule has 1 aliphatic heterocycles. The zero-order valence-corrected chi connectivity index (χ0v) is 17.3. The fourth-order valence-electron chi connectivity index (χ4n) is 3.76. The molecule has 1 saturated heterocycles. The van der Waals surface area contributed by atoms with E-state index >= 15 is 0 Å². The third-order valence-corrected chi connectivity index (χ3v) is 5.66. The molecule has 2 aromatic carbocycles. The van der Waals surface area contributed by atoms with Crippen molar-refractivity contribution in [1.29, 1.82) is 0 Å². The quantitative estimate of drug-likeness (QED) is 0.657. The molecule has 3 rings (SSSR count). The Hall–Kier alpha value is -1.82. The minimum absolute atomic E-state index is 0.0467. The molecule has 0 aliphatic carbocycles. The first kappa shape index (κ1) is 20.9. The van der Waals surface area contributed by atoms with Crippen molar-refractivity contribution in [3.8, 4) is 11.5 Å². The molecule has 152 valence electrons. The highest BCUT2D eigenvalue weighted by atomic mass is 35.5. The zero-order chi connectivity index (χ0) is 19.9. The molecular formula is C22H28ClFN2O2. The van der Waals surface area contributed by atoms with Crippen molar-refractivity contribution in [3.63, 3.8) is 0 Å². The van der Waals surface area contributed by atoms with E-state index in [1.165, 1.54) is 25.5 Å². The van der Waals surface area contributed by atoms with Gasteiger partial charge in [-0.25, -0.2) is 4.39 Å². The monoisotopic (exact) mass is 406 g/mol. The molecule has 1 N–H and O–H groups in total. The lowest BCUT2D eigenvalue weighted by atomic mass is 10.1. The van der Waals surface area contributed by atoms with E-state index in [1.54, 1.807) is 19.2 Å². The zero-order valence-electron chi connectivity index (χ0n) is 16.5. The second-order valence-electron chi connectivity index (χ2n) is 6.99. The fourth-order valence-corrected chi connectivity index (χ4v) is 3.97. The fraction of sp³-hybridized carbons (Fsp3) is 0.455. The number of likely N-dealkylation sites (N-methyl/N-ethyl adjacent to an activating group) is 1. The van der Waals surface area contributed by atoms with E-state index in [0.717, 1.165) is 18.7 Å². The molecule has 1 aliphatic rings. The predicted molar refractivity (Wildman–Crippen MR) is 111 cm³/mol. The number of benzene rings is 2. The summed E-state index contributed by atoms with van der Waals surface area (Å²) in [6, 6.07) is 11.0. The van der Waals surface area contributed by atoms with E-state index in [-0.39, 0.29) is 12.4 Å². The summed E-state index contributed by atoms with van der Waals surface area (Å²) in [5.74, 6) is 0.876. The van der Waals surface area contributed by atoms with Gasteiger partial charge in [-0.15, -0.1) is 0 Å². The normalized spacial score (nSPS) is 17.1. The second kappa shape index (κ2) is 10.1. The van der Waals surface area contributed by atoms with Gasteiger partial charge in [-0.1, -0.05) is 36.7 Å². The van der Waals surface area contributed by atoms with E-state index in [2.05, 4.69) is 17.1 Å². The molecule has 0 aromatic heterocycles. The average Bonchev–Trinajstić information content (AvgIpc) is 3.15. The van der Waals surface area contributed by atoms with Gasteiger partial charge in [0.15, 0.2) is 11.5 Å². The van der Waals surface area contributed by atoms with Crippen LogP contribution in [0.15, 0.2) is 36.4 Å². The SMILES string of the molecule is CCN1CCCC1CNCc1cccc(OC)c1OCc1c(F)cccc1Cl. The summed E-state index contributed by atoms with van der Waals surface area (Å²) in [5, 5.41) is 3.90. The Bertz CT molecular complexity index is 767. The Balaban J connectivity index is 1.68. The number of ether oxygens (including phenoxy) is 2. The molecule has 0 spiro atoms. The molecule has 1 heterocycles. The topological polar surface area (TPSA) is 33.7 Å². The van der Waals surface area contributed by atoms with Crippen molar-refractivity contribution in [2.24, 2.45) is 0 Å². The number of hydrogen-bond acceptors (Lipinski definition) is 4. The number of likely N-dealkylation sites (tertiary alicyclic amines) is 1. The van der Waals surface area contributed by atoms with Crippen molar-refractivity contribution in [2.75, 3.05) is 26.7 Å². The maximum atomic E-state index is 14.1. The molecule has 0 radical (unpaired) electrons. The Morgan fingerprint density at radius 1 is 1.25 bits per heavy atom. The lowest BCUT2D eigenvalue weighted by Gasteiger charge is -2.23. The molecule has 2 aromatic rings. The van der Waals surface area contributed by atoms with Gasteiger partial charge in [-0.2, -0.15) is 0 Å². The van der Waals surface area contributed by atoms with E-state index in [4.69, 9.17) is 21.1 Å². The first-order valence-corrected chi connectivity index (χ1v) is 10.2. The molecular weight excluding hydrogens is 379 g/mol. The largest absolute Gasteiger partial charge is 0.493 e. The lowest BCUT2D eigenvalue weighted by Crippen LogP contribution is -2.37. The van der Waals surface area contributed by atoms with Crippen LogP contribution in [0.25, 0.3) is 0 Å². The standard InChI is InChI=1S/C22H28ClFN2O2/c1-3-26-12-6-8-17(26)14-25-13-16-7-4-11-21(27-2)22(16)28-15-18-19(23)9-5-10-20(18)24/h4-5,7,9-11,17,25H,3,6,8,12-15H2,1-2H3. The highest BCUT2D eigenvalue weighted by Crippen LogP contribution is 2.33. The van der Waals surface area contributed by atoms with Gasteiger partial charge in [-0.3, -0.25) is 4.90 Å². The van der Waals surface area contributed by atoms with Crippen LogP contribution in [0, 0.1) is 5.82 Å². The van der Waals surface area contributed by atoms with E-state index < -0.39 is 0 Å². The van der Waals surface area contributed by atoms with Gasteiger partial charge in [0.1, 0.15) is 12.4 Å². The van der Waals surface area contributed by atoms with Crippen LogP contribution in [0.2, 0.25) is 5.02 Å². The Labute approximate surface area is 171 Å². The second-order valence-corrected chi connectivity index (χ2v) is 7.40. The number of hydrogen-bond donors (Lipinski definition) is 1. The number of nitrogens with one attached hydrogen (secondary N) is 1. The molecule has 4 nitrogen and oxygen atoms in total. The highest BCUT2D eigenvalue weighted by Gasteiger charge is 2.22. The van der Waals surface area contributed by atoms with Crippen molar-refractivity contribution in [3.05, 3.63) is 58.4 Å². The van der Waals surface area contributed by atoms with Gasteiger partial charge in [0.05, 0.1) is 12.1 Å². The summed E-state index contributed by atoms with van der Waals surface area (Å²) in [7, 11) is 1.60. The number of halogens is 2. The van der Waals surface area contributed by atoms with Crippen molar-refractivity contribution < 1.29 is 13.9 Å². The molecule has 1 unspecified atom stereocenters. The van der Waals surface area contributed by atoms with Crippen LogP contribution in [-0.2, 0) is 13.2 Å². The number of para-hydroxylation sites is 1. The maximum absolute atomic E-state index is 14.1. The first-order chi connectivity index (χ1) is 13.6. The van der Waals surface area contributed by atoms with Gasteiger partial charge in [0.25, 0.3) is 0 Å². The van der Waals surface area contributed by atoms with Crippen LogP contribution in [0.4, 0.5) is 4.39 Å². The van der Waals surface area contributed by atoms with Crippen LogP contribution in [0.1, 0.15) is 30.9 Å². The third kappa shape index (κ3) is 4.96. The van der Waals surface area contributed by atoms with Crippen LogP contribution in [-0.4, -0.2) is 37.7 Å². The van der Waals surface area contributed by atoms with E-state index in [1.807, 2.05) is 18.2 Å². The van der Waals surface area contributed by atoms with Gasteiger partial charge < -0.3 is 14.8 Å². The molecule has 6 heteroatoms. The molecule has 0 saturated carbocycles. The molecule has 28 heavy (non-hydrogen) atoms. The van der Waals surface area contributed by atoms with Crippen molar-refractivity contribution in [1.82, 2.24) is 10.2 Å². The molecule has 1 fully saturated rings. The van der Waals surface area contributed by atoms with Gasteiger partial charge >= 0.3 is 0 Å². The molecule has 1 atom stereocenters. The van der Waals surface area contributed by atoms with E-state index in [9.17, 15) is 4.39 Å². The van der Waals surface area contributed by atoms with Crippen molar-refractivity contribution in [2.45, 2.75) is 39.0 Å². The van der Waals surface area contributed by atoms with Gasteiger partial charge in [-0.05, 0) is 44.1 Å². The van der Waals surface area contributed by atoms with E-state index in [0.29, 0.717) is 34.7 Å². The Morgan fingerprint density at radius 2 is 2.07 bits per heavy atom. The summed E-state index contributed by atoms with van der Waals surface area (Å²) in [6.45, 7) is 6.11. The lowest BCUT2D eigenvalue weighted by molar-refractivity contribution is 0.257. The van der Waals surface area contributed by atoms with Crippen LogP contribution >= 0.6 is 11.6 Å². The summed E-state index contributed by atoms with van der Waals surface area (Å²) in [5.41, 5.74) is 1.33. The molecule has 0 bridgehead atoms. The summed E-state index contributed by atoms with van der Waals surface area (Å²) < 4.78 is 25.5. The molecule has 0 amide bonds. The van der Waals surface area contributed by atoms with Crippen LogP contribution in [0.5, 0.6) is 11.5 Å². The summed E-state index contributed by atoms with van der Waals surface area (Å²) in [4.78, 5) is 2.51. The number of nitrogens with zero attached hydrogens (tertiary/aromatic N) is 1. The van der Waals surface area contributed by atoms with Crippen LogP contribution in [0.3, 0.4) is 0 Å². The minimum atomic E-state index is -0.372. The Morgan fingerprint density at radius 3 is 2.82 bits per heavy atom. The minimum Gasteiger partial charge on any atom is -0.493 e. The third-order valence-electron chi connectivity index (χ3n) is 5.30. The smallest absolute Gasteiger partial charge is 0.166 e. The maximum Gasteiger partial charge on any atom is 0.166 e. The first-order valence-electron chi connectivity index (χ1n) is 9.80. The summed E-state index contributed by atoms with van der Waals surface area (Å²) >= 11 is 6.12. The average molecular weight is 407 g/mol.